The second-order valence-corrected chi connectivity index (χ2v) is 7.61. The highest BCUT2D eigenvalue weighted by Crippen LogP contribution is 2.39. The predicted molar refractivity (Wildman–Crippen MR) is 119 cm³/mol. The minimum atomic E-state index is -0.317. The van der Waals surface area contributed by atoms with Gasteiger partial charge in [-0.2, -0.15) is 0 Å². The molecular formula is C22H27N7O2. The van der Waals surface area contributed by atoms with E-state index in [1.807, 2.05) is 12.1 Å². The minimum Gasteiger partial charge on any atom is -0.394 e. The number of pyridine rings is 1. The van der Waals surface area contributed by atoms with Crippen LogP contribution in [0.15, 0.2) is 47.1 Å². The van der Waals surface area contributed by atoms with Crippen molar-refractivity contribution in [3.05, 3.63) is 53.5 Å². The Bertz CT molecular complexity index is 1010. The van der Waals surface area contributed by atoms with Gasteiger partial charge in [-0.05, 0) is 37.0 Å². The molecule has 0 unspecified atom stereocenters. The summed E-state index contributed by atoms with van der Waals surface area (Å²) in [5, 5.41) is 3.18. The Morgan fingerprint density at radius 2 is 1.94 bits per heavy atom. The van der Waals surface area contributed by atoms with Crippen molar-refractivity contribution in [1.29, 1.82) is 0 Å². The molecule has 1 aliphatic rings. The van der Waals surface area contributed by atoms with Crippen LogP contribution in [-0.2, 0) is 4.79 Å². The van der Waals surface area contributed by atoms with Crippen LogP contribution >= 0.6 is 0 Å². The highest BCUT2D eigenvalue weighted by molar-refractivity contribution is 6.02. The lowest BCUT2D eigenvalue weighted by molar-refractivity contribution is -0.124. The van der Waals surface area contributed by atoms with Gasteiger partial charge in [0, 0.05) is 45.4 Å². The third-order valence-corrected chi connectivity index (χ3v) is 4.90. The summed E-state index contributed by atoms with van der Waals surface area (Å²) >= 11 is 0. The van der Waals surface area contributed by atoms with Crippen LogP contribution < -0.4 is 11.1 Å². The van der Waals surface area contributed by atoms with Crippen LogP contribution in [0.25, 0.3) is 0 Å². The topological polar surface area (TPSA) is 126 Å². The Kier molecular flexibility index (Phi) is 7.07. The average Bonchev–Trinajstić information content (AvgIpc) is 3.61. The van der Waals surface area contributed by atoms with Crippen LogP contribution in [0.1, 0.15) is 47.8 Å². The Hall–Kier alpha value is -3.62. The van der Waals surface area contributed by atoms with Crippen molar-refractivity contribution in [2.75, 3.05) is 26.5 Å². The number of ketones is 1. The van der Waals surface area contributed by atoms with E-state index < -0.39 is 0 Å². The molecular weight excluding hydrogens is 394 g/mol. The molecule has 0 spiro atoms. The first kappa shape index (κ1) is 22.1. The molecule has 162 valence electrons. The smallest absolute Gasteiger partial charge is 0.269 e. The Morgan fingerprint density at radius 3 is 2.55 bits per heavy atom. The zero-order chi connectivity index (χ0) is 22.4. The van der Waals surface area contributed by atoms with Gasteiger partial charge < -0.3 is 16.0 Å². The maximum absolute atomic E-state index is 13.1. The van der Waals surface area contributed by atoms with Gasteiger partial charge in [0.25, 0.3) is 5.91 Å². The number of aromatic nitrogens is 3. The minimum absolute atomic E-state index is 0.0860. The van der Waals surface area contributed by atoms with Gasteiger partial charge in [-0.15, -0.1) is 0 Å². The summed E-state index contributed by atoms with van der Waals surface area (Å²) in [4.78, 5) is 43.4. The lowest BCUT2D eigenvalue weighted by atomic mass is 10.0. The summed E-state index contributed by atoms with van der Waals surface area (Å²) < 4.78 is 0. The number of rotatable bonds is 9. The number of Topliss-reactive ketones (excluding diaryl/α,β-unsaturated/α-hetero) is 1. The number of carbonyl (C=O) groups is 2. The highest BCUT2D eigenvalue weighted by atomic mass is 16.2. The van der Waals surface area contributed by atoms with Crippen LogP contribution in [0.3, 0.4) is 0 Å². The molecule has 1 saturated carbocycles. The molecule has 31 heavy (non-hydrogen) atoms. The molecule has 2 heterocycles. The van der Waals surface area contributed by atoms with Crippen molar-refractivity contribution in [2.45, 2.75) is 31.6 Å². The molecule has 9 heteroatoms. The van der Waals surface area contributed by atoms with Crippen LogP contribution in [0.5, 0.6) is 0 Å². The number of hydrogen-bond acceptors (Lipinski definition) is 8. The monoisotopic (exact) mass is 421 g/mol. The van der Waals surface area contributed by atoms with E-state index in [1.165, 1.54) is 17.4 Å². The van der Waals surface area contributed by atoms with Crippen molar-refractivity contribution < 1.29 is 9.59 Å². The Labute approximate surface area is 181 Å². The first-order chi connectivity index (χ1) is 14.9. The third-order valence-electron chi connectivity index (χ3n) is 4.90. The first-order valence-corrected chi connectivity index (χ1v) is 10.1. The molecule has 0 radical (unpaired) electrons. The Morgan fingerprint density at radius 1 is 1.23 bits per heavy atom. The SMILES string of the molecule is CN=CC(CCC(=O)c1nc(C2CC2)ccc1Nc1cncnc1)=C(N)C(=O)N(C)C. The molecule has 9 nitrogen and oxygen atoms in total. The number of carbonyl (C=O) groups excluding carboxylic acids is 2. The van der Waals surface area contributed by atoms with Gasteiger partial charge in [0.1, 0.15) is 17.7 Å². The molecule has 3 N–H and O–H groups in total. The number of anilines is 2. The van der Waals surface area contributed by atoms with E-state index in [0.29, 0.717) is 28.6 Å². The summed E-state index contributed by atoms with van der Waals surface area (Å²) in [6.45, 7) is 0. The molecule has 0 saturated heterocycles. The van der Waals surface area contributed by atoms with E-state index in [1.54, 1.807) is 33.5 Å². The molecule has 0 aliphatic heterocycles. The van der Waals surface area contributed by atoms with Crippen molar-refractivity contribution in [1.82, 2.24) is 19.9 Å². The van der Waals surface area contributed by atoms with Crippen molar-refractivity contribution in [3.8, 4) is 0 Å². The van der Waals surface area contributed by atoms with Crippen LogP contribution in [0.2, 0.25) is 0 Å². The summed E-state index contributed by atoms with van der Waals surface area (Å²) in [5.74, 6) is -0.0479. The number of nitrogens with one attached hydrogen (secondary N) is 1. The van der Waals surface area contributed by atoms with E-state index in [-0.39, 0.29) is 30.2 Å². The van der Waals surface area contributed by atoms with E-state index in [9.17, 15) is 9.59 Å². The van der Waals surface area contributed by atoms with Gasteiger partial charge >= 0.3 is 0 Å². The van der Waals surface area contributed by atoms with Gasteiger partial charge in [-0.3, -0.25) is 14.6 Å². The number of likely N-dealkylation sites (N-methyl/N-ethyl adjacent to an activating group) is 1. The number of nitrogens with two attached hydrogens (primary N) is 1. The third kappa shape index (κ3) is 5.71. The van der Waals surface area contributed by atoms with E-state index in [0.717, 1.165) is 18.5 Å². The molecule has 2 aromatic rings. The van der Waals surface area contributed by atoms with Crippen molar-refractivity contribution in [3.63, 3.8) is 0 Å². The largest absolute Gasteiger partial charge is 0.394 e. The molecule has 0 bridgehead atoms. The molecule has 1 aliphatic carbocycles. The predicted octanol–water partition coefficient (Wildman–Crippen LogP) is 2.46. The van der Waals surface area contributed by atoms with Gasteiger partial charge in [0.2, 0.25) is 0 Å². The maximum Gasteiger partial charge on any atom is 0.269 e. The fourth-order valence-corrected chi connectivity index (χ4v) is 3.08. The van der Waals surface area contributed by atoms with Gasteiger partial charge in [0.05, 0.1) is 23.8 Å². The normalized spacial score (nSPS) is 14.3. The number of amides is 1. The van der Waals surface area contributed by atoms with Crippen LogP contribution in [0, 0.1) is 0 Å². The summed E-state index contributed by atoms with van der Waals surface area (Å²) in [6.07, 6.45) is 8.82. The second kappa shape index (κ2) is 9.92. The lowest BCUT2D eigenvalue weighted by Gasteiger charge is -2.14. The zero-order valence-corrected chi connectivity index (χ0v) is 18.0. The zero-order valence-electron chi connectivity index (χ0n) is 18.0. The fraction of sp³-hybridized carbons (Fsp3) is 0.364. The highest BCUT2D eigenvalue weighted by Gasteiger charge is 2.27. The molecule has 2 aromatic heterocycles. The van der Waals surface area contributed by atoms with Crippen molar-refractivity contribution >= 4 is 29.3 Å². The molecule has 1 amide bonds. The standard InChI is InChI=1S/C22H27N7O2/c1-24-10-15(20(23)22(31)29(2)3)6-9-19(30)21-18(27-16-11-25-13-26-12-16)8-7-17(28-21)14-4-5-14/h7-8,10-14,27H,4-6,9,23H2,1-3H3. The van der Waals surface area contributed by atoms with Gasteiger partial charge in [0.15, 0.2) is 5.78 Å². The maximum atomic E-state index is 13.1. The van der Waals surface area contributed by atoms with E-state index in [4.69, 9.17) is 5.73 Å². The molecule has 0 aromatic carbocycles. The number of allylic oxidation sites excluding steroid dienone is 1. The van der Waals surface area contributed by atoms with Crippen LogP contribution in [-0.4, -0.2) is 58.9 Å². The van der Waals surface area contributed by atoms with Gasteiger partial charge in [-0.25, -0.2) is 15.0 Å². The van der Waals surface area contributed by atoms with Crippen LogP contribution in [0.4, 0.5) is 11.4 Å². The molecule has 1 fully saturated rings. The summed E-state index contributed by atoms with van der Waals surface area (Å²) in [7, 11) is 4.85. The molecule has 0 atom stereocenters. The quantitative estimate of drug-likeness (QED) is 0.362. The first-order valence-electron chi connectivity index (χ1n) is 10.1. The van der Waals surface area contributed by atoms with Gasteiger partial charge in [-0.1, -0.05) is 0 Å². The average molecular weight is 422 g/mol. The fourth-order valence-electron chi connectivity index (χ4n) is 3.08. The van der Waals surface area contributed by atoms with E-state index in [2.05, 4.69) is 25.3 Å². The number of hydrogen-bond donors (Lipinski definition) is 2. The Balaban J connectivity index is 1.84. The number of aliphatic imine (C=N–C) groups is 1. The lowest BCUT2D eigenvalue weighted by Crippen LogP contribution is -2.29. The van der Waals surface area contributed by atoms with Crippen molar-refractivity contribution in [2.24, 2.45) is 10.7 Å². The molecule has 3 rings (SSSR count). The number of nitrogens with zero attached hydrogens (tertiary/aromatic N) is 5. The summed E-state index contributed by atoms with van der Waals surface area (Å²) in [6, 6.07) is 3.82. The van der Waals surface area contributed by atoms with E-state index >= 15 is 0 Å². The second-order valence-electron chi connectivity index (χ2n) is 7.61. The summed E-state index contributed by atoms with van der Waals surface area (Å²) in [5.41, 5.74) is 9.17.